The maximum Gasteiger partial charge on any atom is 0.341 e. The highest BCUT2D eigenvalue weighted by molar-refractivity contribution is 7.80. The van der Waals surface area contributed by atoms with Crippen molar-refractivity contribution >= 4 is 52.5 Å². The van der Waals surface area contributed by atoms with Crippen molar-refractivity contribution in [3.63, 3.8) is 0 Å². The molecule has 7 nitrogen and oxygen atoms in total. The lowest BCUT2D eigenvalue weighted by Gasteiger charge is -2.27. The highest BCUT2D eigenvalue weighted by atomic mass is 32.1. The van der Waals surface area contributed by atoms with Crippen LogP contribution in [0.25, 0.3) is 11.1 Å². The average molecular weight is 498 g/mol. The van der Waals surface area contributed by atoms with Crippen molar-refractivity contribution in [3.8, 4) is 5.00 Å². The van der Waals surface area contributed by atoms with Crippen LogP contribution in [0.1, 0.15) is 57.5 Å². The summed E-state index contributed by atoms with van der Waals surface area (Å²) < 4.78 is 7.44. The minimum absolute atomic E-state index is 0.00629. The summed E-state index contributed by atoms with van der Waals surface area (Å²) >= 11 is 6.76. The first kappa shape index (κ1) is 24.1. The Morgan fingerprint density at radius 2 is 2.03 bits per heavy atom. The molecule has 3 heterocycles. The van der Waals surface area contributed by atoms with Crippen LogP contribution in [-0.4, -0.2) is 45.5 Å². The summed E-state index contributed by atoms with van der Waals surface area (Å²) in [5.74, 6) is -1.30. The van der Waals surface area contributed by atoms with Crippen LogP contribution in [-0.2, 0) is 27.2 Å². The molecule has 2 aliphatic rings. The largest absolute Gasteiger partial charge is 0.462 e. The Balaban J connectivity index is 1.82. The molecule has 1 saturated heterocycles. The molecular weight excluding hydrogens is 470 g/mol. The number of aromatic nitrogens is 1. The Labute approximate surface area is 208 Å². The number of hydrogen-bond donors (Lipinski definition) is 1. The average Bonchev–Trinajstić information content (AvgIpc) is 3.30. The van der Waals surface area contributed by atoms with E-state index in [-0.39, 0.29) is 23.2 Å². The zero-order chi connectivity index (χ0) is 24.6. The summed E-state index contributed by atoms with van der Waals surface area (Å²) in [6.07, 6.45) is 7.13. The number of fused-ring (bicyclic) bond motifs is 1. The van der Waals surface area contributed by atoms with E-state index in [1.54, 1.807) is 30.4 Å². The maximum absolute atomic E-state index is 13.0. The number of aryl methyl sites for hydroxylation is 2. The molecule has 1 aliphatic carbocycles. The van der Waals surface area contributed by atoms with Crippen LogP contribution >= 0.6 is 23.6 Å². The fourth-order valence-electron chi connectivity index (χ4n) is 4.51. The van der Waals surface area contributed by atoms with Crippen molar-refractivity contribution in [2.75, 3.05) is 13.2 Å². The van der Waals surface area contributed by atoms with Gasteiger partial charge in [-0.2, -0.15) is 0 Å². The molecule has 1 N–H and O–H groups in total. The predicted molar refractivity (Wildman–Crippen MR) is 136 cm³/mol. The van der Waals surface area contributed by atoms with Crippen LogP contribution in [0.4, 0.5) is 0 Å². The third-order valence-corrected chi connectivity index (χ3v) is 7.70. The van der Waals surface area contributed by atoms with E-state index >= 15 is 0 Å². The van der Waals surface area contributed by atoms with Crippen LogP contribution in [0.15, 0.2) is 24.3 Å². The Kier molecular flexibility index (Phi) is 6.86. The van der Waals surface area contributed by atoms with E-state index in [4.69, 9.17) is 17.0 Å². The first-order valence-electron chi connectivity index (χ1n) is 11.3. The van der Waals surface area contributed by atoms with Gasteiger partial charge in [0.25, 0.3) is 11.8 Å². The monoisotopic (exact) mass is 497 g/mol. The standard InChI is InChI=1S/C25H27N3O4S2/c1-5-11-27-22(30)18(21(29)26-25(27)33)13-16-12-14(3)28(15(16)4)23-20(24(31)32-6-2)17-9-7-8-10-19(17)34-23/h5,12-13H,1,6-11H2,2-4H3,(H,26,29,33)/b18-13-. The number of thiocarbonyl (C=S) groups is 1. The lowest BCUT2D eigenvalue weighted by Crippen LogP contribution is -2.53. The van der Waals surface area contributed by atoms with E-state index in [9.17, 15) is 14.4 Å². The molecule has 9 heteroatoms. The quantitative estimate of drug-likeness (QED) is 0.214. The van der Waals surface area contributed by atoms with Gasteiger partial charge in [-0.25, -0.2) is 4.79 Å². The van der Waals surface area contributed by atoms with Crippen molar-refractivity contribution in [1.82, 2.24) is 14.8 Å². The third-order valence-electron chi connectivity index (χ3n) is 6.10. The molecule has 1 fully saturated rings. The Bertz CT molecular complexity index is 1250. The fourth-order valence-corrected chi connectivity index (χ4v) is 6.25. The molecule has 0 spiro atoms. The molecular formula is C25H27N3O4S2. The molecule has 2 amide bonds. The van der Waals surface area contributed by atoms with Gasteiger partial charge in [0.15, 0.2) is 5.11 Å². The van der Waals surface area contributed by atoms with Crippen LogP contribution in [0, 0.1) is 13.8 Å². The lowest BCUT2D eigenvalue weighted by molar-refractivity contribution is -0.128. The molecule has 178 valence electrons. The van der Waals surface area contributed by atoms with Crippen molar-refractivity contribution in [2.24, 2.45) is 0 Å². The SMILES string of the molecule is C=CCN1C(=O)/C(=C\c2cc(C)n(-c3sc4c(c3C(=O)OCC)CCCC4)c2C)C(=O)NC1=S. The Hall–Kier alpha value is -3.04. The van der Waals surface area contributed by atoms with Gasteiger partial charge in [-0.05, 0) is 81.9 Å². The minimum Gasteiger partial charge on any atom is -0.462 e. The summed E-state index contributed by atoms with van der Waals surface area (Å²) in [4.78, 5) is 41.0. The Morgan fingerprint density at radius 1 is 1.29 bits per heavy atom. The molecule has 2 aromatic rings. The van der Waals surface area contributed by atoms with Gasteiger partial charge in [0.2, 0.25) is 0 Å². The number of carbonyl (C=O) groups excluding carboxylic acids is 3. The highest BCUT2D eigenvalue weighted by Crippen LogP contribution is 2.39. The van der Waals surface area contributed by atoms with Crippen LogP contribution in [0.3, 0.4) is 0 Å². The van der Waals surface area contributed by atoms with Crippen molar-refractivity contribution < 1.29 is 19.1 Å². The first-order chi connectivity index (χ1) is 16.3. The molecule has 0 radical (unpaired) electrons. The van der Waals surface area contributed by atoms with Gasteiger partial charge in [0.05, 0.1) is 12.2 Å². The van der Waals surface area contributed by atoms with Gasteiger partial charge in [-0.1, -0.05) is 6.08 Å². The number of rotatable bonds is 6. The molecule has 0 atom stereocenters. The van der Waals surface area contributed by atoms with E-state index < -0.39 is 11.8 Å². The van der Waals surface area contributed by atoms with Crippen molar-refractivity contribution in [2.45, 2.75) is 46.5 Å². The van der Waals surface area contributed by atoms with Gasteiger partial charge in [0, 0.05) is 22.8 Å². The smallest absolute Gasteiger partial charge is 0.341 e. The topological polar surface area (TPSA) is 80.6 Å². The van der Waals surface area contributed by atoms with E-state index in [0.29, 0.717) is 12.2 Å². The van der Waals surface area contributed by atoms with Crippen molar-refractivity contribution in [1.29, 1.82) is 0 Å². The number of hydrogen-bond acceptors (Lipinski definition) is 6. The molecule has 0 saturated carbocycles. The summed E-state index contributed by atoms with van der Waals surface area (Å²) in [7, 11) is 0. The number of nitrogens with one attached hydrogen (secondary N) is 1. The second-order valence-electron chi connectivity index (χ2n) is 8.30. The number of ether oxygens (including phenoxy) is 1. The molecule has 0 unspecified atom stereocenters. The molecule has 34 heavy (non-hydrogen) atoms. The summed E-state index contributed by atoms with van der Waals surface area (Å²) in [6, 6.07) is 1.92. The van der Waals surface area contributed by atoms with E-state index in [0.717, 1.165) is 53.2 Å². The van der Waals surface area contributed by atoms with Gasteiger partial charge in [-0.3, -0.25) is 19.8 Å². The normalized spacial score (nSPS) is 17.1. The van der Waals surface area contributed by atoms with E-state index in [2.05, 4.69) is 11.9 Å². The van der Waals surface area contributed by atoms with Crippen molar-refractivity contribution in [3.05, 3.63) is 57.2 Å². The molecule has 2 aromatic heterocycles. The highest BCUT2D eigenvalue weighted by Gasteiger charge is 2.33. The lowest BCUT2D eigenvalue weighted by atomic mass is 9.95. The van der Waals surface area contributed by atoms with E-state index in [1.165, 1.54) is 9.78 Å². The van der Waals surface area contributed by atoms with Crippen LogP contribution in [0.2, 0.25) is 0 Å². The maximum atomic E-state index is 13.0. The number of carbonyl (C=O) groups is 3. The second kappa shape index (κ2) is 9.68. The Morgan fingerprint density at radius 3 is 2.74 bits per heavy atom. The zero-order valence-corrected chi connectivity index (χ0v) is 21.2. The summed E-state index contributed by atoms with van der Waals surface area (Å²) in [5.41, 5.74) is 4.19. The predicted octanol–water partition coefficient (Wildman–Crippen LogP) is 4.02. The summed E-state index contributed by atoms with van der Waals surface area (Å²) in [5, 5.41) is 3.48. The molecule has 0 bridgehead atoms. The second-order valence-corrected chi connectivity index (χ2v) is 9.77. The van der Waals surface area contributed by atoms with Gasteiger partial charge in [-0.15, -0.1) is 17.9 Å². The number of esters is 1. The molecule has 4 rings (SSSR count). The fraction of sp³-hybridized carbons (Fsp3) is 0.360. The van der Waals surface area contributed by atoms with Gasteiger partial charge in [0.1, 0.15) is 10.6 Å². The van der Waals surface area contributed by atoms with Crippen LogP contribution < -0.4 is 5.32 Å². The van der Waals surface area contributed by atoms with Crippen LogP contribution in [0.5, 0.6) is 0 Å². The van der Waals surface area contributed by atoms with Gasteiger partial charge >= 0.3 is 5.97 Å². The molecule has 1 aliphatic heterocycles. The number of thiophene rings is 1. The number of nitrogens with zero attached hydrogens (tertiary/aromatic N) is 2. The summed E-state index contributed by atoms with van der Waals surface area (Å²) in [6.45, 7) is 9.84. The van der Waals surface area contributed by atoms with E-state index in [1.807, 2.05) is 24.5 Å². The molecule has 0 aromatic carbocycles. The minimum atomic E-state index is -0.529. The first-order valence-corrected chi connectivity index (χ1v) is 12.5. The zero-order valence-electron chi connectivity index (χ0n) is 19.5. The van der Waals surface area contributed by atoms with Gasteiger partial charge < -0.3 is 9.30 Å². The third kappa shape index (κ3) is 4.14. The number of amides is 2.